The summed E-state index contributed by atoms with van der Waals surface area (Å²) in [7, 11) is 0. The Labute approximate surface area is 154 Å². The fourth-order valence-electron chi connectivity index (χ4n) is 2.44. The molecule has 1 aromatic carbocycles. The molecule has 138 valence electrons. The lowest BCUT2D eigenvalue weighted by Crippen LogP contribution is -2.29. The van der Waals surface area contributed by atoms with E-state index in [2.05, 4.69) is 20.6 Å². The maximum Gasteiger partial charge on any atom is 0.322 e. The number of carbonyl (C=O) groups excluding carboxylic acids is 1. The number of aromatic hydroxyl groups is 1. The molecule has 0 bridgehead atoms. The summed E-state index contributed by atoms with van der Waals surface area (Å²) in [5.41, 5.74) is 1.93. The Morgan fingerprint density at radius 2 is 1.96 bits per heavy atom. The molecule has 2 aromatic heterocycles. The van der Waals surface area contributed by atoms with Gasteiger partial charge in [0.2, 0.25) is 0 Å². The predicted molar refractivity (Wildman–Crippen MR) is 95.0 cm³/mol. The second kappa shape index (κ2) is 8.09. The number of benzene rings is 1. The summed E-state index contributed by atoms with van der Waals surface area (Å²) in [6.07, 6.45) is 3.90. The molecule has 3 N–H and O–H groups in total. The van der Waals surface area contributed by atoms with Crippen molar-refractivity contribution < 1.29 is 19.8 Å². The number of rotatable bonds is 7. The lowest BCUT2D eigenvalue weighted by molar-refractivity contribution is -0.135. The molecular weight excluding hydrogens is 350 g/mol. The van der Waals surface area contributed by atoms with Crippen molar-refractivity contribution in [2.75, 3.05) is 6.54 Å². The number of carboxylic acid groups (broad SMARTS) is 1. The van der Waals surface area contributed by atoms with Crippen LogP contribution < -0.4 is 5.32 Å². The highest BCUT2D eigenvalue weighted by Crippen LogP contribution is 2.23. The van der Waals surface area contributed by atoms with E-state index in [9.17, 15) is 14.7 Å². The lowest BCUT2D eigenvalue weighted by atomic mass is 10.1. The SMILES string of the molecule is O=C(O)CNC(=O)c1ncc(-c2cn(CCc3ccccc3)nn2)cc1O. The van der Waals surface area contributed by atoms with Crippen LogP contribution in [0.3, 0.4) is 0 Å². The van der Waals surface area contributed by atoms with E-state index in [4.69, 9.17) is 5.11 Å². The van der Waals surface area contributed by atoms with E-state index in [0.717, 1.165) is 6.42 Å². The van der Waals surface area contributed by atoms with Gasteiger partial charge in [-0.15, -0.1) is 5.10 Å². The molecule has 1 amide bonds. The number of aromatic nitrogens is 4. The fraction of sp³-hybridized carbons (Fsp3) is 0.167. The van der Waals surface area contributed by atoms with Crippen molar-refractivity contribution in [1.29, 1.82) is 0 Å². The van der Waals surface area contributed by atoms with Crippen molar-refractivity contribution >= 4 is 11.9 Å². The molecule has 0 radical (unpaired) electrons. The quantitative estimate of drug-likeness (QED) is 0.570. The normalized spacial score (nSPS) is 10.5. The maximum atomic E-state index is 11.8. The summed E-state index contributed by atoms with van der Waals surface area (Å²) in [6, 6.07) is 11.3. The number of pyridine rings is 1. The minimum Gasteiger partial charge on any atom is -0.505 e. The van der Waals surface area contributed by atoms with Gasteiger partial charge < -0.3 is 15.5 Å². The number of carbonyl (C=O) groups is 2. The first-order valence-electron chi connectivity index (χ1n) is 8.16. The zero-order valence-electron chi connectivity index (χ0n) is 14.2. The van der Waals surface area contributed by atoms with Crippen LogP contribution in [0.15, 0.2) is 48.8 Å². The smallest absolute Gasteiger partial charge is 0.322 e. The first-order valence-corrected chi connectivity index (χ1v) is 8.16. The zero-order chi connectivity index (χ0) is 19.2. The minimum absolute atomic E-state index is 0.253. The van der Waals surface area contributed by atoms with Crippen LogP contribution in [-0.2, 0) is 17.8 Å². The molecule has 3 rings (SSSR count). The number of hydrogen-bond acceptors (Lipinski definition) is 6. The fourth-order valence-corrected chi connectivity index (χ4v) is 2.44. The molecule has 0 spiro atoms. The van der Waals surface area contributed by atoms with E-state index in [1.807, 2.05) is 30.3 Å². The number of aliphatic carboxylic acids is 1. The Morgan fingerprint density at radius 3 is 2.67 bits per heavy atom. The topological polar surface area (TPSA) is 130 Å². The molecule has 9 heteroatoms. The molecule has 27 heavy (non-hydrogen) atoms. The Hall–Kier alpha value is -3.75. The van der Waals surface area contributed by atoms with E-state index in [-0.39, 0.29) is 11.4 Å². The van der Waals surface area contributed by atoms with Gasteiger partial charge in [0, 0.05) is 18.3 Å². The van der Waals surface area contributed by atoms with Gasteiger partial charge in [0.25, 0.3) is 5.91 Å². The Kier molecular flexibility index (Phi) is 5.41. The second-order valence-electron chi connectivity index (χ2n) is 5.77. The first-order chi connectivity index (χ1) is 13.0. The van der Waals surface area contributed by atoms with Gasteiger partial charge in [0.05, 0.1) is 6.20 Å². The molecule has 0 aliphatic heterocycles. The van der Waals surface area contributed by atoms with E-state index >= 15 is 0 Å². The van der Waals surface area contributed by atoms with Crippen LogP contribution >= 0.6 is 0 Å². The van der Waals surface area contributed by atoms with Crippen LogP contribution in [-0.4, -0.2) is 48.6 Å². The van der Waals surface area contributed by atoms with Crippen molar-refractivity contribution in [2.45, 2.75) is 13.0 Å². The molecule has 0 aliphatic rings. The molecule has 9 nitrogen and oxygen atoms in total. The lowest BCUT2D eigenvalue weighted by Gasteiger charge is -2.05. The van der Waals surface area contributed by atoms with Crippen molar-refractivity contribution in [2.24, 2.45) is 0 Å². The van der Waals surface area contributed by atoms with Crippen molar-refractivity contribution in [3.63, 3.8) is 0 Å². The molecular formula is C18H17N5O4. The summed E-state index contributed by atoms with van der Waals surface area (Å²) in [6.45, 7) is 0.0869. The third kappa shape index (κ3) is 4.66. The average Bonchev–Trinajstić information content (AvgIpc) is 3.14. The van der Waals surface area contributed by atoms with Crippen LogP contribution in [0.1, 0.15) is 16.1 Å². The highest BCUT2D eigenvalue weighted by atomic mass is 16.4. The monoisotopic (exact) mass is 367 g/mol. The minimum atomic E-state index is -1.19. The van der Waals surface area contributed by atoms with Gasteiger partial charge in [-0.3, -0.25) is 14.3 Å². The van der Waals surface area contributed by atoms with Gasteiger partial charge in [0.1, 0.15) is 18.0 Å². The van der Waals surface area contributed by atoms with Gasteiger partial charge >= 0.3 is 5.97 Å². The molecule has 0 unspecified atom stereocenters. The Morgan fingerprint density at radius 1 is 1.19 bits per heavy atom. The van der Waals surface area contributed by atoms with E-state index < -0.39 is 18.4 Å². The Bertz CT molecular complexity index is 955. The summed E-state index contributed by atoms with van der Waals surface area (Å²) in [5, 5.41) is 28.9. The number of nitrogens with one attached hydrogen (secondary N) is 1. The van der Waals surface area contributed by atoms with E-state index in [1.165, 1.54) is 17.8 Å². The second-order valence-corrected chi connectivity index (χ2v) is 5.77. The van der Waals surface area contributed by atoms with Crippen LogP contribution in [0.2, 0.25) is 0 Å². The molecule has 0 saturated heterocycles. The molecule has 3 aromatic rings. The van der Waals surface area contributed by atoms with Crippen molar-refractivity contribution in [3.8, 4) is 17.0 Å². The van der Waals surface area contributed by atoms with E-state index in [0.29, 0.717) is 17.8 Å². The molecule has 2 heterocycles. The summed E-state index contributed by atoms with van der Waals surface area (Å²) >= 11 is 0. The van der Waals surface area contributed by atoms with Gasteiger partial charge in [-0.05, 0) is 18.1 Å². The molecule has 0 saturated carbocycles. The number of nitrogens with zero attached hydrogens (tertiary/aromatic N) is 4. The van der Waals surface area contributed by atoms with Crippen LogP contribution in [0.25, 0.3) is 11.3 Å². The van der Waals surface area contributed by atoms with Crippen molar-refractivity contribution in [1.82, 2.24) is 25.3 Å². The van der Waals surface area contributed by atoms with Gasteiger partial charge in [-0.1, -0.05) is 35.5 Å². The summed E-state index contributed by atoms with van der Waals surface area (Å²) < 4.78 is 1.69. The Balaban J connectivity index is 1.68. The van der Waals surface area contributed by atoms with Crippen LogP contribution in [0.5, 0.6) is 5.75 Å². The zero-order valence-corrected chi connectivity index (χ0v) is 14.2. The summed E-state index contributed by atoms with van der Waals surface area (Å²) in [5.74, 6) is -2.33. The average molecular weight is 367 g/mol. The molecule has 0 aliphatic carbocycles. The molecule has 0 atom stereocenters. The molecule has 0 fully saturated rings. The standard InChI is InChI=1S/C18H17N5O4/c24-15-8-13(9-19-17(15)18(27)20-10-16(25)26)14-11-23(22-21-14)7-6-12-4-2-1-3-5-12/h1-5,8-9,11,24H,6-7,10H2,(H,20,27)(H,25,26). The predicted octanol–water partition coefficient (Wildman–Crippen LogP) is 1.10. The third-order valence-electron chi connectivity index (χ3n) is 3.79. The van der Waals surface area contributed by atoms with Gasteiger partial charge in [-0.25, -0.2) is 4.98 Å². The summed E-state index contributed by atoms with van der Waals surface area (Å²) in [4.78, 5) is 26.2. The van der Waals surface area contributed by atoms with Gasteiger partial charge in [-0.2, -0.15) is 0 Å². The number of carboxylic acids is 1. The first kappa shape index (κ1) is 18.1. The third-order valence-corrected chi connectivity index (χ3v) is 3.79. The largest absolute Gasteiger partial charge is 0.505 e. The van der Waals surface area contributed by atoms with Crippen molar-refractivity contribution in [3.05, 3.63) is 60.0 Å². The van der Waals surface area contributed by atoms with Crippen LogP contribution in [0.4, 0.5) is 0 Å². The van der Waals surface area contributed by atoms with Gasteiger partial charge in [0.15, 0.2) is 5.69 Å². The van der Waals surface area contributed by atoms with Crippen LogP contribution in [0, 0.1) is 0 Å². The number of aryl methyl sites for hydroxylation is 2. The highest BCUT2D eigenvalue weighted by molar-refractivity contribution is 5.96. The van der Waals surface area contributed by atoms with E-state index in [1.54, 1.807) is 10.9 Å². The maximum absolute atomic E-state index is 11.8. The number of hydrogen-bond donors (Lipinski definition) is 3. The number of amides is 1. The highest BCUT2D eigenvalue weighted by Gasteiger charge is 2.16.